The van der Waals surface area contributed by atoms with Gasteiger partial charge in [-0.2, -0.15) is 0 Å². The second kappa shape index (κ2) is 7.44. The molecule has 3 rings (SSSR count). The normalized spacial score (nSPS) is 28.7. The predicted molar refractivity (Wildman–Crippen MR) is 87.2 cm³/mol. The van der Waals surface area contributed by atoms with Crippen LogP contribution in [0.3, 0.4) is 0 Å². The summed E-state index contributed by atoms with van der Waals surface area (Å²) in [7, 11) is 2.17. The topological polar surface area (TPSA) is 49.8 Å². The first-order valence-corrected chi connectivity index (χ1v) is 7.77. The van der Waals surface area contributed by atoms with Crippen LogP contribution in [0.4, 0.5) is 0 Å². The van der Waals surface area contributed by atoms with Crippen LogP contribution in [-0.4, -0.2) is 47.8 Å². The highest BCUT2D eigenvalue weighted by Gasteiger charge is 2.40. The maximum Gasteiger partial charge on any atom is 0.316 e. The molecule has 2 aliphatic rings. The van der Waals surface area contributed by atoms with Gasteiger partial charge in [0.05, 0.1) is 6.61 Å². The van der Waals surface area contributed by atoms with Crippen molar-refractivity contribution in [2.75, 3.05) is 13.7 Å². The van der Waals surface area contributed by atoms with Crippen LogP contribution >= 0.6 is 12.4 Å². The average molecular weight is 326 g/mol. The fourth-order valence-corrected chi connectivity index (χ4v) is 3.71. The second-order valence-corrected chi connectivity index (χ2v) is 6.23. The van der Waals surface area contributed by atoms with Gasteiger partial charge in [0.25, 0.3) is 0 Å². The van der Waals surface area contributed by atoms with Gasteiger partial charge < -0.3 is 14.7 Å². The average Bonchev–Trinajstić information content (AvgIpc) is 2.72. The van der Waals surface area contributed by atoms with E-state index in [1.54, 1.807) is 0 Å². The number of ether oxygens (including phenoxy) is 1. The molecule has 1 aromatic rings. The summed E-state index contributed by atoms with van der Waals surface area (Å²) in [5.41, 5.74) is 0.820. The van der Waals surface area contributed by atoms with Crippen molar-refractivity contribution in [1.29, 1.82) is 0 Å². The Morgan fingerprint density at radius 2 is 1.86 bits per heavy atom. The molecule has 0 amide bonds. The number of piperidine rings is 1. The summed E-state index contributed by atoms with van der Waals surface area (Å²) in [5.74, 6) is -0.860. The molecule has 5 heteroatoms. The lowest BCUT2D eigenvalue weighted by Gasteiger charge is -2.36. The van der Waals surface area contributed by atoms with E-state index in [0.29, 0.717) is 12.1 Å². The van der Waals surface area contributed by atoms with Gasteiger partial charge in [-0.15, -0.1) is 12.4 Å². The highest BCUT2D eigenvalue weighted by atomic mass is 35.5. The van der Waals surface area contributed by atoms with Gasteiger partial charge in [-0.25, -0.2) is 0 Å². The number of hydrogen-bond acceptors (Lipinski definition) is 4. The van der Waals surface area contributed by atoms with Crippen molar-refractivity contribution in [3.8, 4) is 0 Å². The van der Waals surface area contributed by atoms with Crippen molar-refractivity contribution in [3.05, 3.63) is 35.9 Å². The van der Waals surface area contributed by atoms with Gasteiger partial charge in [-0.3, -0.25) is 4.79 Å². The number of nitrogens with zero attached hydrogens (tertiary/aromatic N) is 1. The summed E-state index contributed by atoms with van der Waals surface area (Å²) in [6, 6.07) is 10.5. The highest BCUT2D eigenvalue weighted by molar-refractivity contribution is 5.85. The van der Waals surface area contributed by atoms with Crippen LogP contribution in [0.2, 0.25) is 0 Å². The third-order valence-electron chi connectivity index (χ3n) is 5.01. The summed E-state index contributed by atoms with van der Waals surface area (Å²) in [6.45, 7) is -0.206. The lowest BCUT2D eigenvalue weighted by atomic mass is 9.98. The van der Waals surface area contributed by atoms with Gasteiger partial charge in [0, 0.05) is 12.1 Å². The van der Waals surface area contributed by atoms with Crippen molar-refractivity contribution in [1.82, 2.24) is 4.90 Å². The van der Waals surface area contributed by atoms with Crippen LogP contribution in [0.25, 0.3) is 0 Å². The van der Waals surface area contributed by atoms with E-state index in [-0.39, 0.29) is 31.1 Å². The molecule has 2 bridgehead atoms. The zero-order valence-electron chi connectivity index (χ0n) is 12.9. The number of fused-ring (bicyclic) bond motifs is 2. The SMILES string of the molecule is CN1[C@@H]2CC[C@H]1CC(OC(=O)C(CO)c1ccccc1)C2.Cl. The molecule has 4 atom stereocenters. The molecule has 2 fully saturated rings. The van der Waals surface area contributed by atoms with Crippen LogP contribution in [-0.2, 0) is 9.53 Å². The Morgan fingerprint density at radius 1 is 1.27 bits per heavy atom. The van der Waals surface area contributed by atoms with Crippen LogP contribution in [0.1, 0.15) is 37.2 Å². The van der Waals surface area contributed by atoms with E-state index in [0.717, 1.165) is 18.4 Å². The Balaban J connectivity index is 0.00000176. The molecule has 2 aliphatic heterocycles. The Bertz CT molecular complexity index is 482. The number of carbonyl (C=O) groups excluding carboxylic acids is 1. The lowest BCUT2D eigenvalue weighted by Crippen LogP contribution is -2.43. The van der Waals surface area contributed by atoms with Crippen molar-refractivity contribution in [3.63, 3.8) is 0 Å². The smallest absolute Gasteiger partial charge is 0.316 e. The standard InChI is InChI=1S/C17H23NO3.ClH/c1-18-13-7-8-14(18)10-15(9-13)21-17(20)16(11-19)12-5-3-2-4-6-12;/h2-6,13-16,19H,7-11H2,1H3;1H/t13-,14+,15?,16?;. The quantitative estimate of drug-likeness (QED) is 0.863. The molecule has 0 spiro atoms. The molecule has 1 N–H and O–H groups in total. The Morgan fingerprint density at radius 3 is 2.41 bits per heavy atom. The predicted octanol–water partition coefficient (Wildman–Crippen LogP) is 2.35. The summed E-state index contributed by atoms with van der Waals surface area (Å²) in [6.07, 6.45) is 4.26. The monoisotopic (exact) mass is 325 g/mol. The molecule has 1 aromatic carbocycles. The first-order valence-electron chi connectivity index (χ1n) is 7.77. The van der Waals surface area contributed by atoms with E-state index in [2.05, 4.69) is 11.9 Å². The van der Waals surface area contributed by atoms with Crippen LogP contribution in [0, 0.1) is 0 Å². The number of halogens is 1. The molecular weight excluding hydrogens is 302 g/mol. The van der Waals surface area contributed by atoms with E-state index < -0.39 is 5.92 Å². The molecule has 0 aliphatic carbocycles. The summed E-state index contributed by atoms with van der Waals surface area (Å²) in [5, 5.41) is 9.53. The maximum absolute atomic E-state index is 12.4. The number of carbonyl (C=O) groups is 1. The van der Waals surface area contributed by atoms with Crippen LogP contribution in [0.15, 0.2) is 30.3 Å². The molecule has 0 saturated carbocycles. The number of aliphatic hydroxyl groups excluding tert-OH is 1. The molecule has 4 nitrogen and oxygen atoms in total. The summed E-state index contributed by atoms with van der Waals surface area (Å²) < 4.78 is 5.70. The maximum atomic E-state index is 12.4. The minimum Gasteiger partial charge on any atom is -0.462 e. The molecular formula is C17H24ClNO3. The number of hydrogen-bond donors (Lipinski definition) is 1. The van der Waals surface area contributed by atoms with Gasteiger partial charge in [0.15, 0.2) is 0 Å². The lowest BCUT2D eigenvalue weighted by molar-refractivity contribution is -0.155. The molecule has 2 heterocycles. The minimum absolute atomic E-state index is 0. The van der Waals surface area contributed by atoms with Gasteiger partial charge in [-0.1, -0.05) is 30.3 Å². The minimum atomic E-state index is -0.566. The Labute approximate surface area is 137 Å². The molecule has 0 aromatic heterocycles. The van der Waals surface area contributed by atoms with E-state index in [1.165, 1.54) is 12.8 Å². The van der Waals surface area contributed by atoms with Gasteiger partial charge >= 0.3 is 5.97 Å². The largest absolute Gasteiger partial charge is 0.462 e. The van der Waals surface area contributed by atoms with E-state index >= 15 is 0 Å². The van der Waals surface area contributed by atoms with Gasteiger partial charge in [0.1, 0.15) is 12.0 Å². The van der Waals surface area contributed by atoms with Gasteiger partial charge in [0.2, 0.25) is 0 Å². The first-order chi connectivity index (χ1) is 10.2. The highest BCUT2D eigenvalue weighted by Crippen LogP contribution is 2.36. The molecule has 0 radical (unpaired) electrons. The molecule has 122 valence electrons. The second-order valence-electron chi connectivity index (χ2n) is 6.23. The molecule has 2 saturated heterocycles. The van der Waals surface area contributed by atoms with Crippen molar-refractivity contribution < 1.29 is 14.6 Å². The van der Waals surface area contributed by atoms with Gasteiger partial charge in [-0.05, 0) is 38.3 Å². The number of esters is 1. The molecule has 2 unspecified atom stereocenters. The van der Waals surface area contributed by atoms with E-state index in [9.17, 15) is 9.90 Å². The number of benzene rings is 1. The number of aliphatic hydroxyl groups is 1. The van der Waals surface area contributed by atoms with Crippen molar-refractivity contribution >= 4 is 18.4 Å². The van der Waals surface area contributed by atoms with Crippen molar-refractivity contribution in [2.24, 2.45) is 0 Å². The zero-order chi connectivity index (χ0) is 14.8. The summed E-state index contributed by atoms with van der Waals surface area (Å²) in [4.78, 5) is 14.8. The third-order valence-corrected chi connectivity index (χ3v) is 5.01. The Hall–Kier alpha value is -1.10. The van der Waals surface area contributed by atoms with Crippen molar-refractivity contribution in [2.45, 2.75) is 49.8 Å². The fraction of sp³-hybridized carbons (Fsp3) is 0.588. The summed E-state index contributed by atoms with van der Waals surface area (Å²) >= 11 is 0. The number of rotatable bonds is 4. The first kappa shape index (κ1) is 17.3. The van der Waals surface area contributed by atoms with E-state index in [4.69, 9.17) is 4.74 Å². The molecule has 22 heavy (non-hydrogen) atoms. The Kier molecular flexibility index (Phi) is 5.84. The zero-order valence-corrected chi connectivity index (χ0v) is 13.7. The fourth-order valence-electron chi connectivity index (χ4n) is 3.71. The van der Waals surface area contributed by atoms with Crippen LogP contribution in [0.5, 0.6) is 0 Å². The van der Waals surface area contributed by atoms with Crippen LogP contribution < -0.4 is 0 Å². The third kappa shape index (κ3) is 3.45. The van der Waals surface area contributed by atoms with E-state index in [1.807, 2.05) is 30.3 Å².